The molecule has 1 aromatic heterocycles. The third-order valence-corrected chi connectivity index (χ3v) is 3.16. The second-order valence-corrected chi connectivity index (χ2v) is 4.59. The van der Waals surface area contributed by atoms with E-state index in [9.17, 15) is 14.0 Å². The van der Waals surface area contributed by atoms with E-state index in [0.717, 1.165) is 25.5 Å². The number of nitrogens with one attached hydrogen (secondary N) is 1. The predicted octanol–water partition coefficient (Wildman–Crippen LogP) is 0.749. The topological polar surface area (TPSA) is 85.1 Å². The van der Waals surface area contributed by atoms with Crippen molar-refractivity contribution < 1.29 is 14.0 Å². The number of nitrogens with zero attached hydrogens (tertiary/aromatic N) is 1. The van der Waals surface area contributed by atoms with Gasteiger partial charge in [-0.05, 0) is 31.4 Å². The molecule has 0 aromatic carbocycles. The Kier molecular flexibility index (Phi) is 3.27. The molecule has 0 aliphatic heterocycles. The zero-order chi connectivity index (χ0) is 13.2. The minimum absolute atomic E-state index is 0.125. The summed E-state index contributed by atoms with van der Waals surface area (Å²) in [5.74, 6) is -1.35. The predicted molar refractivity (Wildman–Crippen MR) is 62.1 cm³/mol. The van der Waals surface area contributed by atoms with Crippen molar-refractivity contribution in [3.8, 4) is 0 Å². The Bertz CT molecular complexity index is 469. The van der Waals surface area contributed by atoms with Crippen molar-refractivity contribution in [2.75, 3.05) is 0 Å². The van der Waals surface area contributed by atoms with Crippen molar-refractivity contribution in [3.63, 3.8) is 0 Å². The highest BCUT2D eigenvalue weighted by Gasteiger charge is 2.40. The van der Waals surface area contributed by atoms with Gasteiger partial charge in [0, 0.05) is 12.0 Å². The molecule has 96 valence electrons. The number of hydrogen-bond donors (Lipinski definition) is 2. The Morgan fingerprint density at radius 1 is 1.44 bits per heavy atom. The Morgan fingerprint density at radius 2 is 2.17 bits per heavy atom. The standard InChI is InChI=1S/C12H14FN3O2/c13-8-2-3-9(15-7-8)11(18)16-12(4-1-5-12)6-10(14)17/h2-3,7H,1,4-6H2,(H2,14,17)(H,16,18). The number of amides is 2. The van der Waals surface area contributed by atoms with Crippen LogP contribution in [0.2, 0.25) is 0 Å². The summed E-state index contributed by atoms with van der Waals surface area (Å²) < 4.78 is 12.7. The van der Waals surface area contributed by atoms with Gasteiger partial charge in [0.2, 0.25) is 5.91 Å². The third kappa shape index (κ3) is 2.64. The van der Waals surface area contributed by atoms with Gasteiger partial charge >= 0.3 is 0 Å². The summed E-state index contributed by atoms with van der Waals surface area (Å²) >= 11 is 0. The zero-order valence-corrected chi connectivity index (χ0v) is 9.78. The summed E-state index contributed by atoms with van der Waals surface area (Å²) in [5.41, 5.74) is 4.76. The molecule has 0 spiro atoms. The lowest BCUT2D eigenvalue weighted by Gasteiger charge is -2.41. The van der Waals surface area contributed by atoms with Crippen LogP contribution >= 0.6 is 0 Å². The van der Waals surface area contributed by atoms with E-state index in [4.69, 9.17) is 5.73 Å². The van der Waals surface area contributed by atoms with Gasteiger partial charge in [-0.15, -0.1) is 0 Å². The largest absolute Gasteiger partial charge is 0.370 e. The summed E-state index contributed by atoms with van der Waals surface area (Å²) in [6.45, 7) is 0. The maximum atomic E-state index is 12.7. The molecule has 1 aliphatic rings. The summed E-state index contributed by atoms with van der Waals surface area (Å²) in [7, 11) is 0. The van der Waals surface area contributed by atoms with E-state index in [-0.39, 0.29) is 12.1 Å². The van der Waals surface area contributed by atoms with Crippen LogP contribution < -0.4 is 11.1 Å². The molecular formula is C12H14FN3O2. The van der Waals surface area contributed by atoms with Gasteiger partial charge in [0.15, 0.2) is 0 Å². The molecule has 2 rings (SSSR count). The van der Waals surface area contributed by atoms with Crippen LogP contribution in [0.1, 0.15) is 36.2 Å². The molecule has 1 aromatic rings. The highest BCUT2D eigenvalue weighted by atomic mass is 19.1. The molecule has 1 saturated carbocycles. The van der Waals surface area contributed by atoms with Crippen LogP contribution in [0.5, 0.6) is 0 Å². The first-order chi connectivity index (χ1) is 8.51. The maximum absolute atomic E-state index is 12.7. The first-order valence-electron chi connectivity index (χ1n) is 5.73. The monoisotopic (exact) mass is 251 g/mol. The summed E-state index contributed by atoms with van der Waals surface area (Å²) in [6.07, 6.45) is 3.51. The highest BCUT2D eigenvalue weighted by Crippen LogP contribution is 2.34. The summed E-state index contributed by atoms with van der Waals surface area (Å²) in [6, 6.07) is 2.48. The number of nitrogens with two attached hydrogens (primary N) is 1. The molecule has 2 amide bonds. The maximum Gasteiger partial charge on any atom is 0.270 e. The van der Waals surface area contributed by atoms with Gasteiger partial charge in [-0.25, -0.2) is 9.37 Å². The van der Waals surface area contributed by atoms with Crippen molar-refractivity contribution >= 4 is 11.8 Å². The molecule has 0 unspecified atom stereocenters. The Labute approximate surface area is 104 Å². The number of carbonyl (C=O) groups is 2. The first kappa shape index (κ1) is 12.5. The fraction of sp³-hybridized carbons (Fsp3) is 0.417. The van der Waals surface area contributed by atoms with Crippen molar-refractivity contribution in [2.45, 2.75) is 31.2 Å². The lowest BCUT2D eigenvalue weighted by atomic mass is 9.74. The lowest BCUT2D eigenvalue weighted by Crippen LogP contribution is -2.55. The fourth-order valence-electron chi connectivity index (χ4n) is 2.10. The van der Waals surface area contributed by atoms with Crippen molar-refractivity contribution in [3.05, 3.63) is 29.8 Å². The van der Waals surface area contributed by atoms with Crippen LogP contribution in [0.4, 0.5) is 4.39 Å². The molecule has 0 atom stereocenters. The molecule has 0 bridgehead atoms. The van der Waals surface area contributed by atoms with E-state index in [1.165, 1.54) is 12.1 Å². The average molecular weight is 251 g/mol. The Balaban J connectivity index is 2.06. The van der Waals surface area contributed by atoms with Gasteiger partial charge in [0.1, 0.15) is 11.5 Å². The number of aromatic nitrogens is 1. The molecule has 1 heterocycles. The molecule has 18 heavy (non-hydrogen) atoms. The smallest absolute Gasteiger partial charge is 0.270 e. The normalized spacial score (nSPS) is 16.7. The third-order valence-electron chi connectivity index (χ3n) is 3.16. The number of hydrogen-bond acceptors (Lipinski definition) is 3. The van der Waals surface area contributed by atoms with Crippen molar-refractivity contribution in [1.82, 2.24) is 10.3 Å². The number of rotatable bonds is 4. The Hall–Kier alpha value is -1.98. The van der Waals surface area contributed by atoms with Crippen molar-refractivity contribution in [2.24, 2.45) is 5.73 Å². The summed E-state index contributed by atoms with van der Waals surface area (Å²) in [4.78, 5) is 26.6. The molecule has 5 nitrogen and oxygen atoms in total. The van der Waals surface area contributed by atoms with Crippen LogP contribution in [-0.4, -0.2) is 22.3 Å². The van der Waals surface area contributed by atoms with Gasteiger partial charge in [-0.3, -0.25) is 9.59 Å². The summed E-state index contributed by atoms with van der Waals surface area (Å²) in [5, 5.41) is 2.77. The molecule has 1 fully saturated rings. The molecule has 1 aliphatic carbocycles. The first-order valence-corrected chi connectivity index (χ1v) is 5.73. The fourth-order valence-corrected chi connectivity index (χ4v) is 2.10. The number of carbonyl (C=O) groups excluding carboxylic acids is 2. The number of pyridine rings is 1. The van der Waals surface area contributed by atoms with E-state index in [2.05, 4.69) is 10.3 Å². The Morgan fingerprint density at radius 3 is 2.61 bits per heavy atom. The lowest BCUT2D eigenvalue weighted by molar-refractivity contribution is -0.120. The van der Waals surface area contributed by atoms with Crippen molar-refractivity contribution in [1.29, 1.82) is 0 Å². The van der Waals surface area contributed by atoms with Crippen LogP contribution in [0.25, 0.3) is 0 Å². The highest BCUT2D eigenvalue weighted by molar-refractivity contribution is 5.93. The molecule has 6 heteroatoms. The van der Waals surface area contributed by atoms with E-state index >= 15 is 0 Å². The van der Waals surface area contributed by atoms with Crippen LogP contribution in [0.15, 0.2) is 18.3 Å². The molecule has 3 N–H and O–H groups in total. The molecule has 0 radical (unpaired) electrons. The molecular weight excluding hydrogens is 237 g/mol. The molecule has 0 saturated heterocycles. The van der Waals surface area contributed by atoms with E-state index in [0.29, 0.717) is 0 Å². The van der Waals surface area contributed by atoms with Crippen LogP contribution in [0.3, 0.4) is 0 Å². The van der Waals surface area contributed by atoms with Gasteiger partial charge in [-0.1, -0.05) is 0 Å². The SMILES string of the molecule is NC(=O)CC1(NC(=O)c2ccc(F)cn2)CCC1. The second kappa shape index (κ2) is 4.72. The number of halogens is 1. The van der Waals surface area contributed by atoms with Gasteiger partial charge in [0.25, 0.3) is 5.91 Å². The van der Waals surface area contributed by atoms with Crippen LogP contribution in [-0.2, 0) is 4.79 Å². The number of primary amides is 1. The second-order valence-electron chi connectivity index (χ2n) is 4.59. The zero-order valence-electron chi connectivity index (χ0n) is 9.78. The van der Waals surface area contributed by atoms with Gasteiger partial charge < -0.3 is 11.1 Å². The van der Waals surface area contributed by atoms with Gasteiger partial charge in [-0.2, -0.15) is 0 Å². The van der Waals surface area contributed by atoms with Crippen LogP contribution in [0, 0.1) is 5.82 Å². The minimum atomic E-state index is -0.543. The average Bonchev–Trinajstić information content (AvgIpc) is 2.26. The quantitative estimate of drug-likeness (QED) is 0.828. The van der Waals surface area contributed by atoms with Gasteiger partial charge in [0.05, 0.1) is 6.20 Å². The van der Waals surface area contributed by atoms with E-state index in [1.807, 2.05) is 0 Å². The minimum Gasteiger partial charge on any atom is -0.370 e. The van der Waals surface area contributed by atoms with E-state index in [1.54, 1.807) is 0 Å². The van der Waals surface area contributed by atoms with E-state index < -0.39 is 23.2 Å².